The number of piperazine rings is 1. The highest BCUT2D eigenvalue weighted by molar-refractivity contribution is 7.13. The third-order valence-electron chi connectivity index (χ3n) is 6.09. The van der Waals surface area contributed by atoms with Crippen molar-refractivity contribution in [1.82, 2.24) is 24.8 Å². The van der Waals surface area contributed by atoms with Gasteiger partial charge < -0.3 is 19.3 Å². The number of hydrogen-bond acceptors (Lipinski definition) is 7. The third kappa shape index (κ3) is 4.23. The lowest BCUT2D eigenvalue weighted by Crippen LogP contribution is -2.50. The summed E-state index contributed by atoms with van der Waals surface area (Å²) in [6.45, 7) is 4.68. The van der Waals surface area contributed by atoms with Crippen LogP contribution in [0.5, 0.6) is 5.75 Å². The SMILES string of the molecule is COc1ccc([C@@H]2Cn3nnc(C(=O)N4CCN(C(=O)c5ccc(C)s5)CC4)c3CO2)cc1. The normalized spacial score (nSPS) is 18.2. The molecule has 4 heterocycles. The number of methoxy groups -OCH3 is 1. The van der Waals surface area contributed by atoms with Gasteiger partial charge in [-0.15, -0.1) is 16.4 Å². The zero-order chi connectivity index (χ0) is 22.9. The summed E-state index contributed by atoms with van der Waals surface area (Å²) in [5, 5.41) is 8.39. The quantitative estimate of drug-likeness (QED) is 0.586. The van der Waals surface area contributed by atoms with E-state index in [0.717, 1.165) is 21.1 Å². The van der Waals surface area contributed by atoms with Crippen LogP contribution < -0.4 is 4.74 Å². The minimum Gasteiger partial charge on any atom is -0.497 e. The molecule has 9 nitrogen and oxygen atoms in total. The third-order valence-corrected chi connectivity index (χ3v) is 7.08. The number of carbonyl (C=O) groups is 2. The number of carbonyl (C=O) groups excluding carboxylic acids is 2. The second kappa shape index (κ2) is 8.95. The number of fused-ring (bicyclic) bond motifs is 1. The zero-order valence-electron chi connectivity index (χ0n) is 18.6. The van der Waals surface area contributed by atoms with Crippen molar-refractivity contribution in [3.8, 4) is 5.75 Å². The molecule has 0 radical (unpaired) electrons. The fourth-order valence-corrected chi connectivity index (χ4v) is 5.00. The van der Waals surface area contributed by atoms with Crippen molar-refractivity contribution in [3.05, 3.63) is 63.1 Å². The van der Waals surface area contributed by atoms with Crippen molar-refractivity contribution in [2.75, 3.05) is 33.3 Å². The molecule has 0 saturated carbocycles. The minimum absolute atomic E-state index is 0.0270. The van der Waals surface area contributed by atoms with E-state index in [9.17, 15) is 9.59 Å². The predicted molar refractivity (Wildman–Crippen MR) is 121 cm³/mol. The second-order valence-corrected chi connectivity index (χ2v) is 9.42. The molecule has 1 aromatic carbocycles. The van der Waals surface area contributed by atoms with Gasteiger partial charge in [0.05, 0.1) is 30.8 Å². The van der Waals surface area contributed by atoms with Crippen LogP contribution in [-0.4, -0.2) is 69.9 Å². The molecule has 0 aliphatic carbocycles. The van der Waals surface area contributed by atoms with Crippen LogP contribution in [0.1, 0.15) is 42.4 Å². The Morgan fingerprint density at radius 2 is 1.73 bits per heavy atom. The van der Waals surface area contributed by atoms with Crippen LogP contribution in [0.2, 0.25) is 0 Å². The number of aryl methyl sites for hydroxylation is 1. The summed E-state index contributed by atoms with van der Waals surface area (Å²) < 4.78 is 13.0. The summed E-state index contributed by atoms with van der Waals surface area (Å²) in [6, 6.07) is 11.5. The van der Waals surface area contributed by atoms with E-state index in [2.05, 4.69) is 10.3 Å². The van der Waals surface area contributed by atoms with Crippen molar-refractivity contribution >= 4 is 23.2 Å². The van der Waals surface area contributed by atoms with Crippen LogP contribution in [0.4, 0.5) is 0 Å². The van der Waals surface area contributed by atoms with Crippen molar-refractivity contribution in [2.45, 2.75) is 26.2 Å². The number of benzene rings is 1. The Morgan fingerprint density at radius 3 is 2.36 bits per heavy atom. The Kier molecular flexibility index (Phi) is 5.86. The standard InChI is InChI=1S/C23H25N5O4S/c1-15-3-8-20(33-15)22(29)26-9-11-27(12-10-26)23(30)21-18-14-32-19(13-28(18)25-24-21)16-4-6-17(31-2)7-5-16/h3-8,19H,9-14H2,1-2H3/t19-/m0/s1. The molecule has 0 bridgehead atoms. The first kappa shape index (κ1) is 21.6. The van der Waals surface area contributed by atoms with E-state index in [4.69, 9.17) is 9.47 Å². The lowest BCUT2D eigenvalue weighted by molar-refractivity contribution is -0.00204. The van der Waals surface area contributed by atoms with Gasteiger partial charge >= 0.3 is 0 Å². The largest absolute Gasteiger partial charge is 0.497 e. The van der Waals surface area contributed by atoms with Gasteiger partial charge in [0.25, 0.3) is 11.8 Å². The maximum Gasteiger partial charge on any atom is 0.276 e. The van der Waals surface area contributed by atoms with E-state index >= 15 is 0 Å². The average Bonchev–Trinajstić information content (AvgIpc) is 3.49. The Balaban J connectivity index is 1.22. The lowest BCUT2D eigenvalue weighted by atomic mass is 10.1. The van der Waals surface area contributed by atoms with Crippen LogP contribution in [0.25, 0.3) is 0 Å². The summed E-state index contributed by atoms with van der Waals surface area (Å²) in [5.41, 5.74) is 2.04. The zero-order valence-corrected chi connectivity index (χ0v) is 19.4. The molecule has 0 unspecified atom stereocenters. The van der Waals surface area contributed by atoms with Gasteiger partial charge in [-0.3, -0.25) is 9.59 Å². The maximum absolute atomic E-state index is 13.1. The lowest BCUT2D eigenvalue weighted by Gasteiger charge is -2.34. The van der Waals surface area contributed by atoms with Gasteiger partial charge in [-0.05, 0) is 36.8 Å². The number of amides is 2. The monoisotopic (exact) mass is 467 g/mol. The molecule has 1 saturated heterocycles. The molecule has 0 spiro atoms. The molecule has 0 N–H and O–H groups in total. The molecule has 5 rings (SSSR count). The van der Waals surface area contributed by atoms with Crippen LogP contribution >= 0.6 is 11.3 Å². The first-order valence-corrected chi connectivity index (χ1v) is 11.7. The molecule has 2 aliphatic rings. The van der Waals surface area contributed by atoms with E-state index in [1.807, 2.05) is 43.3 Å². The summed E-state index contributed by atoms with van der Waals surface area (Å²) in [5.74, 6) is 0.650. The van der Waals surface area contributed by atoms with Gasteiger partial charge in [0.2, 0.25) is 0 Å². The van der Waals surface area contributed by atoms with Gasteiger partial charge in [-0.1, -0.05) is 17.3 Å². The molecule has 2 amide bonds. The van der Waals surface area contributed by atoms with E-state index < -0.39 is 0 Å². The molecule has 1 atom stereocenters. The van der Waals surface area contributed by atoms with Crippen molar-refractivity contribution < 1.29 is 19.1 Å². The van der Waals surface area contributed by atoms with E-state index in [-0.39, 0.29) is 24.5 Å². The highest BCUT2D eigenvalue weighted by atomic mass is 32.1. The Morgan fingerprint density at radius 1 is 1.03 bits per heavy atom. The number of aromatic nitrogens is 3. The van der Waals surface area contributed by atoms with Crippen molar-refractivity contribution in [2.24, 2.45) is 0 Å². The Hall–Kier alpha value is -3.24. The fourth-order valence-electron chi connectivity index (χ4n) is 4.17. The number of thiophene rings is 1. The molecule has 172 valence electrons. The second-order valence-electron chi connectivity index (χ2n) is 8.13. The molecule has 3 aromatic rings. The van der Waals surface area contributed by atoms with Crippen LogP contribution in [0.3, 0.4) is 0 Å². The van der Waals surface area contributed by atoms with Crippen LogP contribution in [0.15, 0.2) is 36.4 Å². The van der Waals surface area contributed by atoms with Crippen LogP contribution in [-0.2, 0) is 17.9 Å². The number of hydrogen-bond donors (Lipinski definition) is 0. The number of rotatable bonds is 4. The fraction of sp³-hybridized carbons (Fsp3) is 0.391. The summed E-state index contributed by atoms with van der Waals surface area (Å²) in [4.78, 5) is 31.2. The highest BCUT2D eigenvalue weighted by Crippen LogP contribution is 2.28. The van der Waals surface area contributed by atoms with E-state index in [0.29, 0.717) is 44.1 Å². The molecule has 2 aromatic heterocycles. The van der Waals surface area contributed by atoms with Crippen molar-refractivity contribution in [1.29, 1.82) is 0 Å². The summed E-state index contributed by atoms with van der Waals surface area (Å²) in [7, 11) is 1.63. The Bertz CT molecular complexity index is 1160. The van der Waals surface area contributed by atoms with Crippen LogP contribution in [0, 0.1) is 6.92 Å². The summed E-state index contributed by atoms with van der Waals surface area (Å²) >= 11 is 1.50. The maximum atomic E-state index is 13.1. The van der Waals surface area contributed by atoms with Crippen molar-refractivity contribution in [3.63, 3.8) is 0 Å². The van der Waals surface area contributed by atoms with Gasteiger partial charge in [0.1, 0.15) is 11.9 Å². The molecule has 2 aliphatic heterocycles. The smallest absolute Gasteiger partial charge is 0.276 e. The molecular formula is C23H25N5O4S. The summed E-state index contributed by atoms with van der Waals surface area (Å²) in [6.07, 6.45) is -0.163. The highest BCUT2D eigenvalue weighted by Gasteiger charge is 2.32. The topological polar surface area (TPSA) is 89.8 Å². The minimum atomic E-state index is -0.165. The molecule has 33 heavy (non-hydrogen) atoms. The molecule has 1 fully saturated rings. The van der Waals surface area contributed by atoms with E-state index in [1.54, 1.807) is 21.6 Å². The van der Waals surface area contributed by atoms with Gasteiger partial charge in [-0.25, -0.2) is 4.68 Å². The van der Waals surface area contributed by atoms with E-state index in [1.165, 1.54) is 11.3 Å². The predicted octanol–water partition coefficient (Wildman–Crippen LogP) is 2.53. The van der Waals surface area contributed by atoms with Gasteiger partial charge in [0, 0.05) is 31.1 Å². The first-order valence-electron chi connectivity index (χ1n) is 10.9. The molecular weight excluding hydrogens is 442 g/mol. The first-order chi connectivity index (χ1) is 16.0. The molecule has 10 heteroatoms. The number of nitrogens with zero attached hydrogens (tertiary/aromatic N) is 5. The van der Waals surface area contributed by atoms with Gasteiger partial charge in [0.15, 0.2) is 5.69 Å². The average molecular weight is 468 g/mol. The number of ether oxygens (including phenoxy) is 2. The van der Waals surface area contributed by atoms with Gasteiger partial charge in [-0.2, -0.15) is 0 Å². The Labute approximate surface area is 195 Å².